The molecule has 0 spiro atoms. The fourth-order valence-corrected chi connectivity index (χ4v) is 4.81. The lowest BCUT2D eigenvalue weighted by molar-refractivity contribution is -0.130. The first-order valence-corrected chi connectivity index (χ1v) is 11.7. The number of benzene rings is 2. The number of imide groups is 1. The SMILES string of the molecule is COc1ccc2cc([C@]3(C)NC(=O)N(CC(=O)c4cc(C)n(Cc5ccco5)c4C)C3=O)ccc2c1. The molecule has 1 aliphatic heterocycles. The van der Waals surface area contributed by atoms with Crippen molar-refractivity contribution in [1.82, 2.24) is 14.8 Å². The highest BCUT2D eigenvalue weighted by atomic mass is 16.5. The minimum absolute atomic E-state index is 0.299. The number of methoxy groups -OCH3 is 1. The van der Waals surface area contributed by atoms with Crippen molar-refractivity contribution in [3.05, 3.63) is 89.1 Å². The number of urea groups is 1. The van der Waals surface area contributed by atoms with Gasteiger partial charge in [0.1, 0.15) is 17.0 Å². The van der Waals surface area contributed by atoms with Gasteiger partial charge in [0.15, 0.2) is 5.78 Å². The van der Waals surface area contributed by atoms with Crippen LogP contribution in [0.5, 0.6) is 5.75 Å². The normalized spacial score (nSPS) is 17.6. The van der Waals surface area contributed by atoms with Crippen molar-refractivity contribution in [2.75, 3.05) is 13.7 Å². The molecule has 1 aliphatic rings. The van der Waals surface area contributed by atoms with Gasteiger partial charge in [-0.2, -0.15) is 0 Å². The molecule has 36 heavy (non-hydrogen) atoms. The highest BCUT2D eigenvalue weighted by Gasteiger charge is 2.49. The zero-order valence-corrected chi connectivity index (χ0v) is 20.6. The van der Waals surface area contributed by atoms with Crippen molar-refractivity contribution in [2.45, 2.75) is 32.9 Å². The molecule has 1 saturated heterocycles. The predicted molar refractivity (Wildman–Crippen MR) is 134 cm³/mol. The van der Waals surface area contributed by atoms with Gasteiger partial charge in [0.25, 0.3) is 5.91 Å². The van der Waals surface area contributed by atoms with Gasteiger partial charge in [-0.3, -0.25) is 14.5 Å². The first kappa shape index (κ1) is 23.4. The maximum absolute atomic E-state index is 13.5. The molecular weight excluding hydrogens is 458 g/mol. The maximum atomic E-state index is 13.5. The Labute approximate surface area is 208 Å². The molecule has 4 aromatic rings. The molecule has 8 nitrogen and oxygen atoms in total. The van der Waals surface area contributed by atoms with E-state index >= 15 is 0 Å². The van der Waals surface area contributed by atoms with E-state index in [1.165, 1.54) is 0 Å². The molecule has 184 valence electrons. The largest absolute Gasteiger partial charge is 0.497 e. The number of fused-ring (bicyclic) bond motifs is 1. The number of aryl methyl sites for hydroxylation is 1. The Morgan fingerprint density at radius 1 is 1.06 bits per heavy atom. The molecule has 0 aliphatic carbocycles. The average molecular weight is 486 g/mol. The second-order valence-corrected chi connectivity index (χ2v) is 9.25. The van der Waals surface area contributed by atoms with E-state index in [4.69, 9.17) is 9.15 Å². The highest BCUT2D eigenvalue weighted by Crippen LogP contribution is 2.32. The fourth-order valence-electron chi connectivity index (χ4n) is 4.81. The summed E-state index contributed by atoms with van der Waals surface area (Å²) in [6, 6.07) is 16.1. The van der Waals surface area contributed by atoms with E-state index in [-0.39, 0.29) is 12.3 Å². The number of amides is 3. The zero-order chi connectivity index (χ0) is 25.6. The summed E-state index contributed by atoms with van der Waals surface area (Å²) in [4.78, 5) is 40.6. The van der Waals surface area contributed by atoms with Gasteiger partial charge in [-0.05, 0) is 73.5 Å². The number of furan rings is 1. The minimum atomic E-state index is -1.28. The van der Waals surface area contributed by atoms with E-state index < -0.39 is 17.5 Å². The van der Waals surface area contributed by atoms with Gasteiger partial charge in [0, 0.05) is 17.0 Å². The number of Topliss-reactive ketones (excluding diaryl/α,β-unsaturated/α-hetero) is 1. The van der Waals surface area contributed by atoms with E-state index in [1.807, 2.05) is 66.9 Å². The monoisotopic (exact) mass is 485 g/mol. The molecular formula is C28H27N3O5. The lowest BCUT2D eigenvalue weighted by atomic mass is 9.90. The Hall–Kier alpha value is -4.33. The van der Waals surface area contributed by atoms with Gasteiger partial charge in [0.2, 0.25) is 0 Å². The van der Waals surface area contributed by atoms with E-state index in [0.29, 0.717) is 17.7 Å². The molecule has 1 fully saturated rings. The Bertz CT molecular complexity index is 1500. The summed E-state index contributed by atoms with van der Waals surface area (Å²) in [6.07, 6.45) is 1.61. The number of ether oxygens (including phenoxy) is 1. The standard InChI is InChI=1S/C28H27N3O5/c1-17-12-24(18(2)30(17)15-23-6-5-11-36-23)25(32)16-31-26(33)28(3,29-27(31)34)21-9-7-20-14-22(35-4)10-8-19(20)13-21/h5-14H,15-16H2,1-4H3,(H,29,34)/t28-/m0/s1. The summed E-state index contributed by atoms with van der Waals surface area (Å²) in [6.45, 7) is 5.58. The van der Waals surface area contributed by atoms with Gasteiger partial charge in [-0.15, -0.1) is 0 Å². The van der Waals surface area contributed by atoms with Crippen LogP contribution in [-0.2, 0) is 16.9 Å². The molecule has 1 N–H and O–H groups in total. The summed E-state index contributed by atoms with van der Waals surface area (Å²) in [5.74, 6) is 0.750. The summed E-state index contributed by atoms with van der Waals surface area (Å²) >= 11 is 0. The average Bonchev–Trinajstić information content (AvgIpc) is 3.54. The molecule has 0 radical (unpaired) electrons. The smallest absolute Gasteiger partial charge is 0.325 e. The number of nitrogens with one attached hydrogen (secondary N) is 1. The van der Waals surface area contributed by atoms with Crippen LogP contribution in [0.2, 0.25) is 0 Å². The number of aromatic nitrogens is 1. The molecule has 3 heterocycles. The van der Waals surface area contributed by atoms with Crippen molar-refractivity contribution >= 4 is 28.5 Å². The molecule has 2 aromatic carbocycles. The topological polar surface area (TPSA) is 93.8 Å². The first-order chi connectivity index (χ1) is 17.2. The number of hydrogen-bond acceptors (Lipinski definition) is 5. The molecule has 0 saturated carbocycles. The Morgan fingerprint density at radius 2 is 1.81 bits per heavy atom. The van der Waals surface area contributed by atoms with Crippen molar-refractivity contribution in [3.8, 4) is 5.75 Å². The van der Waals surface area contributed by atoms with Crippen molar-refractivity contribution < 1.29 is 23.5 Å². The summed E-state index contributed by atoms with van der Waals surface area (Å²) in [5.41, 5.74) is 1.50. The number of carbonyl (C=O) groups is 3. The zero-order valence-electron chi connectivity index (χ0n) is 20.6. The molecule has 3 amide bonds. The first-order valence-electron chi connectivity index (χ1n) is 11.7. The lowest BCUT2D eigenvalue weighted by Gasteiger charge is -2.22. The number of ketones is 1. The van der Waals surface area contributed by atoms with Crippen LogP contribution in [0.4, 0.5) is 4.79 Å². The molecule has 1 atom stereocenters. The third-order valence-electron chi connectivity index (χ3n) is 6.97. The molecule has 2 aromatic heterocycles. The van der Waals surface area contributed by atoms with Gasteiger partial charge in [0.05, 0.1) is 26.5 Å². The van der Waals surface area contributed by atoms with Crippen LogP contribution in [0.25, 0.3) is 10.8 Å². The second-order valence-electron chi connectivity index (χ2n) is 9.25. The number of nitrogens with zero attached hydrogens (tertiary/aromatic N) is 2. The van der Waals surface area contributed by atoms with Gasteiger partial charge in [-0.25, -0.2) is 4.79 Å². The van der Waals surface area contributed by atoms with Crippen LogP contribution in [0.1, 0.15) is 40.0 Å². The lowest BCUT2D eigenvalue weighted by Crippen LogP contribution is -2.41. The van der Waals surface area contributed by atoms with Crippen LogP contribution in [0.3, 0.4) is 0 Å². The number of hydrogen-bond donors (Lipinski definition) is 1. The van der Waals surface area contributed by atoms with Crippen molar-refractivity contribution in [3.63, 3.8) is 0 Å². The van der Waals surface area contributed by atoms with Crippen molar-refractivity contribution in [2.24, 2.45) is 0 Å². The minimum Gasteiger partial charge on any atom is -0.497 e. The Balaban J connectivity index is 1.38. The third-order valence-corrected chi connectivity index (χ3v) is 6.97. The van der Waals surface area contributed by atoms with E-state index in [2.05, 4.69) is 5.32 Å². The predicted octanol–water partition coefficient (Wildman–Crippen LogP) is 4.56. The molecule has 5 rings (SSSR count). The number of carbonyl (C=O) groups excluding carboxylic acids is 3. The van der Waals surface area contributed by atoms with Crippen molar-refractivity contribution in [1.29, 1.82) is 0 Å². The van der Waals surface area contributed by atoms with Crippen LogP contribution in [0, 0.1) is 13.8 Å². The number of rotatable bonds is 7. The van der Waals surface area contributed by atoms with Gasteiger partial charge < -0.3 is 19.0 Å². The fraction of sp³-hybridized carbons (Fsp3) is 0.250. The maximum Gasteiger partial charge on any atom is 0.325 e. The van der Waals surface area contributed by atoms with Crippen LogP contribution in [-0.4, -0.2) is 40.8 Å². The molecule has 0 unspecified atom stereocenters. The van der Waals surface area contributed by atoms with Crippen LogP contribution >= 0.6 is 0 Å². The third kappa shape index (κ3) is 3.84. The van der Waals surface area contributed by atoms with E-state index in [1.54, 1.807) is 26.4 Å². The molecule has 8 heteroatoms. The Morgan fingerprint density at radius 3 is 2.53 bits per heavy atom. The Kier molecular flexibility index (Phi) is 5.67. The highest BCUT2D eigenvalue weighted by molar-refractivity contribution is 6.11. The summed E-state index contributed by atoms with van der Waals surface area (Å²) in [5, 5.41) is 4.66. The van der Waals surface area contributed by atoms with E-state index in [9.17, 15) is 14.4 Å². The molecule has 0 bridgehead atoms. The van der Waals surface area contributed by atoms with Gasteiger partial charge >= 0.3 is 6.03 Å². The summed E-state index contributed by atoms with van der Waals surface area (Å²) in [7, 11) is 1.61. The summed E-state index contributed by atoms with van der Waals surface area (Å²) < 4.78 is 12.7. The van der Waals surface area contributed by atoms with Crippen LogP contribution < -0.4 is 10.1 Å². The van der Waals surface area contributed by atoms with Crippen LogP contribution in [0.15, 0.2) is 65.3 Å². The second kappa shape index (κ2) is 8.71. The van der Waals surface area contributed by atoms with E-state index in [0.717, 1.165) is 38.6 Å². The quantitative estimate of drug-likeness (QED) is 0.306. The van der Waals surface area contributed by atoms with Gasteiger partial charge in [-0.1, -0.05) is 18.2 Å².